The van der Waals surface area contributed by atoms with Crippen molar-refractivity contribution in [2.45, 2.75) is 13.8 Å². The quantitative estimate of drug-likeness (QED) is 0.566. The lowest BCUT2D eigenvalue weighted by Crippen LogP contribution is -2.00. The Morgan fingerprint density at radius 3 is 2.73 bits per heavy atom. The highest BCUT2D eigenvalue weighted by Crippen LogP contribution is 2.25. The first kappa shape index (κ1) is 16.0. The van der Waals surface area contributed by atoms with E-state index < -0.39 is 0 Å². The van der Waals surface area contributed by atoms with Gasteiger partial charge in [0, 0.05) is 11.3 Å². The molecule has 6 heteroatoms. The van der Waals surface area contributed by atoms with E-state index in [1.807, 2.05) is 37.3 Å². The fraction of sp³-hybridized carbons (Fsp3) is 0.100. The fourth-order valence-corrected chi connectivity index (χ4v) is 2.85. The van der Waals surface area contributed by atoms with Crippen LogP contribution in [0.4, 0.5) is 11.5 Å². The number of rotatable bonds is 4. The molecule has 0 saturated heterocycles. The Hall–Kier alpha value is -3.54. The summed E-state index contributed by atoms with van der Waals surface area (Å²) in [5.41, 5.74) is 4.26. The van der Waals surface area contributed by atoms with Gasteiger partial charge in [-0.15, -0.1) is 0 Å². The minimum Gasteiger partial charge on any atom is -0.339 e. The molecule has 0 amide bonds. The third-order valence-electron chi connectivity index (χ3n) is 4.14. The molecular formula is C20H17N5O. The summed E-state index contributed by atoms with van der Waals surface area (Å²) in [5, 5.41) is 8.54. The minimum atomic E-state index is 0.0220. The van der Waals surface area contributed by atoms with Crippen LogP contribution in [0.3, 0.4) is 0 Å². The van der Waals surface area contributed by atoms with E-state index in [-0.39, 0.29) is 5.78 Å². The van der Waals surface area contributed by atoms with Crippen molar-refractivity contribution < 1.29 is 4.79 Å². The van der Waals surface area contributed by atoms with Crippen LogP contribution < -0.4 is 5.32 Å². The number of nitrogens with one attached hydrogen (secondary N) is 1. The summed E-state index contributed by atoms with van der Waals surface area (Å²) in [6, 6.07) is 15.4. The standard InChI is InChI=1S/C20H17N5O/c1-13-5-3-8-17(9-13)25-20-18(11-23-25)19(21-12-22-20)24-16-7-4-6-15(10-16)14(2)26/h3-12H,1-2H3,(H,21,22,24). The molecule has 0 spiro atoms. The molecule has 26 heavy (non-hydrogen) atoms. The normalized spacial score (nSPS) is 10.8. The SMILES string of the molecule is CC(=O)c1cccc(Nc2ncnc3c2cnn3-c2cccc(C)c2)c1. The number of hydrogen-bond donors (Lipinski definition) is 1. The van der Waals surface area contributed by atoms with Crippen molar-refractivity contribution >= 4 is 28.3 Å². The van der Waals surface area contributed by atoms with Crippen LogP contribution in [-0.4, -0.2) is 25.5 Å². The van der Waals surface area contributed by atoms with Crippen LogP contribution in [0.15, 0.2) is 61.1 Å². The molecule has 0 aliphatic carbocycles. The lowest BCUT2D eigenvalue weighted by atomic mass is 10.1. The average molecular weight is 343 g/mol. The summed E-state index contributed by atoms with van der Waals surface area (Å²) < 4.78 is 1.79. The van der Waals surface area contributed by atoms with Crippen LogP contribution in [0.25, 0.3) is 16.7 Å². The van der Waals surface area contributed by atoms with Gasteiger partial charge in [-0.05, 0) is 43.7 Å². The van der Waals surface area contributed by atoms with Gasteiger partial charge in [-0.3, -0.25) is 4.79 Å². The number of nitrogens with zero attached hydrogens (tertiary/aromatic N) is 4. The molecule has 6 nitrogen and oxygen atoms in total. The van der Waals surface area contributed by atoms with Gasteiger partial charge in [-0.2, -0.15) is 5.10 Å². The molecule has 2 aromatic carbocycles. The number of benzene rings is 2. The summed E-state index contributed by atoms with van der Waals surface area (Å²) in [6.07, 6.45) is 3.25. The zero-order chi connectivity index (χ0) is 18.1. The van der Waals surface area contributed by atoms with Gasteiger partial charge in [0.15, 0.2) is 11.4 Å². The summed E-state index contributed by atoms with van der Waals surface area (Å²) in [5.74, 6) is 0.670. The molecule has 4 aromatic rings. The van der Waals surface area contributed by atoms with Crippen molar-refractivity contribution in [2.24, 2.45) is 0 Å². The Kier molecular flexibility index (Phi) is 3.93. The van der Waals surface area contributed by atoms with E-state index in [9.17, 15) is 4.79 Å². The number of Topliss-reactive ketones (excluding diaryl/α,β-unsaturated/α-hetero) is 1. The molecule has 0 atom stereocenters. The third kappa shape index (κ3) is 2.93. The number of ketones is 1. The Morgan fingerprint density at radius 2 is 1.92 bits per heavy atom. The van der Waals surface area contributed by atoms with Crippen LogP contribution in [0.2, 0.25) is 0 Å². The number of aromatic nitrogens is 4. The Bertz CT molecular complexity index is 1120. The number of fused-ring (bicyclic) bond motifs is 1. The van der Waals surface area contributed by atoms with Crippen LogP contribution in [0, 0.1) is 6.92 Å². The zero-order valence-electron chi connectivity index (χ0n) is 14.5. The number of carbonyl (C=O) groups is 1. The van der Waals surface area contributed by atoms with Gasteiger partial charge in [0.1, 0.15) is 12.1 Å². The monoisotopic (exact) mass is 343 g/mol. The molecule has 0 aliphatic rings. The Balaban J connectivity index is 1.76. The van der Waals surface area contributed by atoms with Crippen LogP contribution >= 0.6 is 0 Å². The molecule has 2 heterocycles. The number of anilines is 2. The molecule has 0 bridgehead atoms. The van der Waals surface area contributed by atoms with Gasteiger partial charge < -0.3 is 5.32 Å². The molecule has 0 radical (unpaired) electrons. The first-order chi connectivity index (χ1) is 12.6. The van der Waals surface area contributed by atoms with E-state index in [2.05, 4.69) is 26.4 Å². The van der Waals surface area contributed by atoms with E-state index >= 15 is 0 Å². The summed E-state index contributed by atoms with van der Waals surface area (Å²) in [7, 11) is 0. The second-order valence-corrected chi connectivity index (χ2v) is 6.12. The maximum Gasteiger partial charge on any atom is 0.168 e. The lowest BCUT2D eigenvalue weighted by Gasteiger charge is -2.08. The van der Waals surface area contributed by atoms with Gasteiger partial charge in [-0.1, -0.05) is 24.3 Å². The van der Waals surface area contributed by atoms with Crippen molar-refractivity contribution in [2.75, 3.05) is 5.32 Å². The minimum absolute atomic E-state index is 0.0220. The van der Waals surface area contributed by atoms with E-state index in [1.54, 1.807) is 29.9 Å². The van der Waals surface area contributed by atoms with E-state index in [4.69, 9.17) is 0 Å². The van der Waals surface area contributed by atoms with Crippen molar-refractivity contribution in [1.82, 2.24) is 19.7 Å². The highest BCUT2D eigenvalue weighted by molar-refractivity contribution is 5.95. The zero-order valence-corrected chi connectivity index (χ0v) is 14.5. The molecular weight excluding hydrogens is 326 g/mol. The number of hydrogen-bond acceptors (Lipinski definition) is 5. The average Bonchev–Trinajstić information content (AvgIpc) is 3.07. The van der Waals surface area contributed by atoms with E-state index in [0.717, 1.165) is 28.0 Å². The van der Waals surface area contributed by atoms with Gasteiger partial charge in [0.25, 0.3) is 0 Å². The fourth-order valence-electron chi connectivity index (χ4n) is 2.85. The highest BCUT2D eigenvalue weighted by atomic mass is 16.1. The largest absolute Gasteiger partial charge is 0.339 e. The molecule has 2 aromatic heterocycles. The van der Waals surface area contributed by atoms with Crippen LogP contribution in [0.1, 0.15) is 22.8 Å². The first-order valence-corrected chi connectivity index (χ1v) is 8.25. The maximum absolute atomic E-state index is 11.6. The first-order valence-electron chi connectivity index (χ1n) is 8.25. The van der Waals surface area contributed by atoms with Crippen LogP contribution in [-0.2, 0) is 0 Å². The van der Waals surface area contributed by atoms with Crippen molar-refractivity contribution in [1.29, 1.82) is 0 Å². The van der Waals surface area contributed by atoms with Crippen molar-refractivity contribution in [3.05, 3.63) is 72.2 Å². The highest BCUT2D eigenvalue weighted by Gasteiger charge is 2.12. The molecule has 0 fully saturated rings. The van der Waals surface area contributed by atoms with Crippen molar-refractivity contribution in [3.63, 3.8) is 0 Å². The molecule has 4 rings (SSSR count). The van der Waals surface area contributed by atoms with E-state index in [0.29, 0.717) is 11.4 Å². The van der Waals surface area contributed by atoms with Gasteiger partial charge in [-0.25, -0.2) is 14.6 Å². The third-order valence-corrected chi connectivity index (χ3v) is 4.14. The van der Waals surface area contributed by atoms with Crippen molar-refractivity contribution in [3.8, 4) is 5.69 Å². The Morgan fingerprint density at radius 1 is 1.08 bits per heavy atom. The number of aryl methyl sites for hydroxylation is 1. The maximum atomic E-state index is 11.6. The van der Waals surface area contributed by atoms with Crippen LogP contribution in [0.5, 0.6) is 0 Å². The molecule has 128 valence electrons. The molecule has 1 N–H and O–H groups in total. The predicted molar refractivity (Wildman–Crippen MR) is 101 cm³/mol. The lowest BCUT2D eigenvalue weighted by molar-refractivity contribution is 0.101. The second-order valence-electron chi connectivity index (χ2n) is 6.12. The van der Waals surface area contributed by atoms with Gasteiger partial charge in [0.05, 0.1) is 17.3 Å². The summed E-state index contributed by atoms with van der Waals surface area (Å²) >= 11 is 0. The second kappa shape index (κ2) is 6.40. The van der Waals surface area contributed by atoms with Gasteiger partial charge >= 0.3 is 0 Å². The molecule has 0 aliphatic heterocycles. The topological polar surface area (TPSA) is 72.7 Å². The molecule has 0 saturated carbocycles. The summed E-state index contributed by atoms with van der Waals surface area (Å²) in [4.78, 5) is 20.3. The van der Waals surface area contributed by atoms with Gasteiger partial charge in [0.2, 0.25) is 0 Å². The van der Waals surface area contributed by atoms with E-state index in [1.165, 1.54) is 6.33 Å². The number of carbonyl (C=O) groups excluding carboxylic acids is 1. The molecule has 0 unspecified atom stereocenters. The Labute approximate surface area is 150 Å². The predicted octanol–water partition coefficient (Wildman–Crippen LogP) is 4.07. The summed E-state index contributed by atoms with van der Waals surface area (Å²) in [6.45, 7) is 3.59. The smallest absolute Gasteiger partial charge is 0.168 e.